The number of hydrogen-bond donors (Lipinski definition) is 3. The Hall–Kier alpha value is -4.70. The number of carbonyl (C=O) groups is 1. The highest BCUT2D eigenvalue weighted by atomic mass is 16.5. The molecule has 10 heteroatoms. The number of ether oxygens (including phenoxy) is 2. The highest BCUT2D eigenvalue weighted by Gasteiger charge is 2.34. The van der Waals surface area contributed by atoms with Gasteiger partial charge in [0.05, 0.1) is 14.2 Å². The van der Waals surface area contributed by atoms with Crippen LogP contribution in [-0.4, -0.2) is 78.5 Å². The Morgan fingerprint density at radius 3 is 2.29 bits per heavy atom. The highest BCUT2D eigenvalue weighted by Crippen LogP contribution is 2.50. The SMILES string of the molecule is COc1ccc([C@@H](CC(=O)N2CCN(C)CC2)c2c(O)c(O)c(O)c3c(=O)cc(-c4ccccc4)oc23)c(OC)c1. The van der Waals surface area contributed by atoms with Gasteiger partial charge in [-0.1, -0.05) is 36.4 Å². The summed E-state index contributed by atoms with van der Waals surface area (Å²) >= 11 is 0. The van der Waals surface area contributed by atoms with Gasteiger partial charge in [-0.05, 0) is 13.1 Å². The van der Waals surface area contributed by atoms with E-state index in [4.69, 9.17) is 13.9 Å². The van der Waals surface area contributed by atoms with E-state index >= 15 is 0 Å². The molecule has 1 fully saturated rings. The van der Waals surface area contributed by atoms with Crippen LogP contribution in [0.1, 0.15) is 23.5 Å². The third kappa shape index (κ3) is 5.26. The quantitative estimate of drug-likeness (QED) is 0.288. The molecular weight excluding hydrogens is 528 g/mol. The van der Waals surface area contributed by atoms with E-state index in [0.29, 0.717) is 48.8 Å². The largest absolute Gasteiger partial charge is 0.504 e. The van der Waals surface area contributed by atoms with Crippen LogP contribution in [0.3, 0.4) is 0 Å². The van der Waals surface area contributed by atoms with Gasteiger partial charge in [0.15, 0.2) is 16.9 Å². The minimum atomic E-state index is -0.939. The first-order chi connectivity index (χ1) is 19.7. The van der Waals surface area contributed by atoms with Gasteiger partial charge in [0.25, 0.3) is 0 Å². The molecule has 2 heterocycles. The molecule has 1 amide bonds. The molecule has 0 radical (unpaired) electrons. The standard InChI is InChI=1S/C31H32N2O8/c1-32-11-13-33(14-12-32)25(35)16-21(20-10-9-19(39-2)15-24(20)40-3)26-28(36)30(38)29(37)27-22(34)17-23(41-31(26)27)18-7-5-4-6-8-18/h4-10,15,17,21,36-38H,11-14,16H2,1-3H3/t21-/m1/s1. The van der Waals surface area contributed by atoms with Gasteiger partial charge < -0.3 is 39.0 Å². The number of rotatable bonds is 7. The Morgan fingerprint density at radius 2 is 1.63 bits per heavy atom. The number of benzene rings is 3. The minimum Gasteiger partial charge on any atom is -0.504 e. The summed E-state index contributed by atoms with van der Waals surface area (Å²) < 4.78 is 17.2. The molecule has 214 valence electrons. The molecule has 1 aromatic heterocycles. The predicted molar refractivity (Wildman–Crippen MR) is 153 cm³/mol. The predicted octanol–water partition coefficient (Wildman–Crippen LogP) is 3.89. The van der Waals surface area contributed by atoms with Crippen molar-refractivity contribution < 1.29 is 34.0 Å². The number of piperazine rings is 1. The summed E-state index contributed by atoms with van der Waals surface area (Å²) in [6.07, 6.45) is -0.140. The Balaban J connectivity index is 1.77. The number of hydrogen-bond acceptors (Lipinski definition) is 9. The van der Waals surface area contributed by atoms with Crippen LogP contribution in [0.2, 0.25) is 0 Å². The minimum absolute atomic E-state index is 0.0175. The topological polar surface area (TPSA) is 133 Å². The summed E-state index contributed by atoms with van der Waals surface area (Å²) in [6, 6.07) is 15.2. The number of aromatic hydroxyl groups is 3. The van der Waals surface area contributed by atoms with E-state index in [-0.39, 0.29) is 34.6 Å². The fraction of sp³-hybridized carbons (Fsp3) is 0.290. The first-order valence-corrected chi connectivity index (χ1v) is 13.2. The third-order valence-electron chi connectivity index (χ3n) is 7.59. The number of amides is 1. The van der Waals surface area contributed by atoms with Crippen molar-refractivity contribution in [1.29, 1.82) is 0 Å². The molecule has 0 spiro atoms. The van der Waals surface area contributed by atoms with Crippen molar-refractivity contribution in [3.63, 3.8) is 0 Å². The van der Waals surface area contributed by atoms with Gasteiger partial charge in [0, 0.05) is 67.3 Å². The molecule has 1 atom stereocenters. The van der Waals surface area contributed by atoms with Crippen molar-refractivity contribution >= 4 is 16.9 Å². The van der Waals surface area contributed by atoms with Crippen LogP contribution in [-0.2, 0) is 4.79 Å². The lowest BCUT2D eigenvalue weighted by atomic mass is 9.85. The van der Waals surface area contributed by atoms with E-state index in [2.05, 4.69) is 4.90 Å². The van der Waals surface area contributed by atoms with Gasteiger partial charge >= 0.3 is 0 Å². The number of phenols is 3. The molecule has 3 N–H and O–H groups in total. The van der Waals surface area contributed by atoms with E-state index in [9.17, 15) is 24.9 Å². The van der Waals surface area contributed by atoms with Gasteiger partial charge in [-0.25, -0.2) is 0 Å². The van der Waals surface area contributed by atoms with Crippen molar-refractivity contribution in [3.8, 4) is 40.1 Å². The van der Waals surface area contributed by atoms with Crippen molar-refractivity contribution in [2.45, 2.75) is 12.3 Å². The number of phenolic OH excluding ortho intramolecular Hbond substituents is 3. The highest BCUT2D eigenvalue weighted by molar-refractivity contribution is 5.94. The molecule has 41 heavy (non-hydrogen) atoms. The molecular formula is C31H32N2O8. The molecule has 5 rings (SSSR count). The number of nitrogens with zero attached hydrogens (tertiary/aromatic N) is 2. The lowest BCUT2D eigenvalue weighted by molar-refractivity contribution is -0.133. The van der Waals surface area contributed by atoms with Gasteiger partial charge in [-0.3, -0.25) is 9.59 Å². The summed E-state index contributed by atoms with van der Waals surface area (Å²) in [6.45, 7) is 2.49. The molecule has 1 saturated heterocycles. The molecule has 0 unspecified atom stereocenters. The zero-order chi connectivity index (χ0) is 29.3. The van der Waals surface area contributed by atoms with Crippen LogP contribution in [0.25, 0.3) is 22.3 Å². The van der Waals surface area contributed by atoms with Gasteiger partial charge in [0.1, 0.15) is 28.2 Å². The Labute approximate surface area is 236 Å². The summed E-state index contributed by atoms with van der Waals surface area (Å²) in [5.74, 6) is -2.44. The molecule has 0 saturated carbocycles. The summed E-state index contributed by atoms with van der Waals surface area (Å²) in [7, 11) is 4.97. The van der Waals surface area contributed by atoms with Gasteiger partial charge in [0.2, 0.25) is 11.7 Å². The first kappa shape index (κ1) is 27.9. The van der Waals surface area contributed by atoms with E-state index < -0.39 is 28.6 Å². The zero-order valence-electron chi connectivity index (χ0n) is 23.1. The number of fused-ring (bicyclic) bond motifs is 1. The number of methoxy groups -OCH3 is 2. The lowest BCUT2D eigenvalue weighted by Crippen LogP contribution is -2.47. The van der Waals surface area contributed by atoms with Gasteiger partial charge in [-0.2, -0.15) is 0 Å². The second-order valence-electron chi connectivity index (χ2n) is 10.1. The fourth-order valence-corrected chi connectivity index (χ4v) is 5.27. The third-order valence-corrected chi connectivity index (χ3v) is 7.59. The van der Waals surface area contributed by atoms with Crippen molar-refractivity contribution in [1.82, 2.24) is 9.80 Å². The molecule has 1 aliphatic heterocycles. The summed E-state index contributed by atoms with van der Waals surface area (Å²) in [4.78, 5) is 30.9. The average molecular weight is 561 g/mol. The Kier molecular flexibility index (Phi) is 7.76. The zero-order valence-corrected chi connectivity index (χ0v) is 23.1. The second-order valence-corrected chi connectivity index (χ2v) is 10.1. The maximum Gasteiger partial charge on any atom is 0.223 e. The van der Waals surface area contributed by atoms with E-state index in [1.807, 2.05) is 13.1 Å². The Bertz CT molecular complexity index is 1640. The van der Waals surface area contributed by atoms with Crippen LogP contribution >= 0.6 is 0 Å². The molecule has 0 aliphatic carbocycles. The number of carbonyl (C=O) groups excluding carboxylic acids is 1. The van der Waals surface area contributed by atoms with Gasteiger partial charge in [-0.15, -0.1) is 0 Å². The maximum atomic E-state index is 13.7. The summed E-state index contributed by atoms with van der Waals surface area (Å²) in [5.41, 5.74) is 0.307. The first-order valence-electron chi connectivity index (χ1n) is 13.2. The lowest BCUT2D eigenvalue weighted by Gasteiger charge is -2.33. The monoisotopic (exact) mass is 560 g/mol. The molecule has 3 aromatic carbocycles. The normalized spacial score (nSPS) is 14.7. The van der Waals surface area contributed by atoms with E-state index in [1.165, 1.54) is 20.3 Å². The molecule has 1 aliphatic rings. The van der Waals surface area contributed by atoms with Crippen LogP contribution in [0.4, 0.5) is 0 Å². The van der Waals surface area contributed by atoms with Crippen LogP contribution in [0.5, 0.6) is 28.7 Å². The second kappa shape index (κ2) is 11.4. The number of likely N-dealkylation sites (N-methyl/N-ethyl adjacent to an activating group) is 1. The van der Waals surface area contributed by atoms with Crippen LogP contribution in [0, 0.1) is 0 Å². The van der Waals surface area contributed by atoms with E-state index in [0.717, 1.165) is 0 Å². The average Bonchev–Trinajstić information content (AvgIpc) is 2.99. The summed E-state index contributed by atoms with van der Waals surface area (Å²) in [5, 5.41) is 32.5. The molecule has 0 bridgehead atoms. The van der Waals surface area contributed by atoms with Crippen molar-refractivity contribution in [2.24, 2.45) is 0 Å². The Morgan fingerprint density at radius 1 is 0.927 bits per heavy atom. The van der Waals surface area contributed by atoms with Crippen LogP contribution < -0.4 is 14.9 Å². The molecule has 10 nitrogen and oxygen atoms in total. The van der Waals surface area contributed by atoms with Crippen LogP contribution in [0.15, 0.2) is 63.8 Å². The smallest absolute Gasteiger partial charge is 0.223 e. The van der Waals surface area contributed by atoms with E-state index in [1.54, 1.807) is 47.4 Å². The fourth-order valence-electron chi connectivity index (χ4n) is 5.27. The van der Waals surface area contributed by atoms with Crippen molar-refractivity contribution in [2.75, 3.05) is 47.4 Å². The maximum absolute atomic E-state index is 13.7. The molecule has 4 aromatic rings. The van der Waals surface area contributed by atoms with Crippen molar-refractivity contribution in [3.05, 3.63) is 75.9 Å².